The van der Waals surface area contributed by atoms with Crippen LogP contribution in [0.25, 0.3) is 0 Å². The SMILES string of the molecule is Cn1cc([C@@H](NC(=O)c2cc3c([nH]c2=O)CCCC3)C2CC(O)C2)cn1. The largest absolute Gasteiger partial charge is 0.393 e. The lowest BCUT2D eigenvalue weighted by Crippen LogP contribution is -2.42. The first kappa shape index (κ1) is 17.0. The maximum absolute atomic E-state index is 12.8. The fraction of sp³-hybridized carbons (Fsp3) is 0.526. The number of carbonyl (C=O) groups excluding carboxylic acids is 1. The molecular weight excluding hydrogens is 332 g/mol. The third kappa shape index (κ3) is 3.19. The third-order valence-electron chi connectivity index (χ3n) is 5.57. The van der Waals surface area contributed by atoms with Crippen molar-refractivity contribution in [2.45, 2.75) is 50.7 Å². The zero-order valence-corrected chi connectivity index (χ0v) is 14.9. The number of aromatic nitrogens is 3. The number of nitrogens with one attached hydrogen (secondary N) is 2. The third-order valence-corrected chi connectivity index (χ3v) is 5.57. The Hall–Kier alpha value is -2.41. The van der Waals surface area contributed by atoms with Crippen LogP contribution in [0.2, 0.25) is 0 Å². The van der Waals surface area contributed by atoms with Crippen molar-refractivity contribution >= 4 is 5.91 Å². The molecule has 7 heteroatoms. The topological polar surface area (TPSA) is 100 Å². The van der Waals surface area contributed by atoms with Crippen LogP contribution < -0.4 is 10.9 Å². The summed E-state index contributed by atoms with van der Waals surface area (Å²) in [6.45, 7) is 0. The van der Waals surface area contributed by atoms with Gasteiger partial charge in [0.05, 0.1) is 18.3 Å². The molecule has 0 spiro atoms. The van der Waals surface area contributed by atoms with E-state index >= 15 is 0 Å². The maximum Gasteiger partial charge on any atom is 0.261 e. The number of hydrogen-bond donors (Lipinski definition) is 3. The minimum Gasteiger partial charge on any atom is -0.393 e. The first-order chi connectivity index (χ1) is 12.5. The van der Waals surface area contributed by atoms with Gasteiger partial charge >= 0.3 is 0 Å². The van der Waals surface area contributed by atoms with E-state index in [9.17, 15) is 14.7 Å². The minimum absolute atomic E-state index is 0.148. The standard InChI is InChI=1S/C19H24N4O3/c1-23-10-13(9-20-23)17(12-6-14(24)7-12)22-19(26)15-8-11-4-2-3-5-16(11)21-18(15)25/h8-10,12,14,17,24H,2-7H2,1H3,(H,21,25)(H,22,26)/t12?,14?,17-/m0/s1. The Kier molecular flexibility index (Phi) is 4.40. The normalized spacial score (nSPS) is 23.0. The number of amides is 1. The van der Waals surface area contributed by atoms with Crippen LogP contribution in [0.1, 0.15) is 58.9 Å². The molecule has 3 N–H and O–H groups in total. The van der Waals surface area contributed by atoms with Crippen molar-refractivity contribution in [1.29, 1.82) is 0 Å². The van der Waals surface area contributed by atoms with Crippen molar-refractivity contribution in [3.05, 3.63) is 51.2 Å². The number of aryl methyl sites for hydroxylation is 3. The molecule has 2 aromatic heterocycles. The highest BCUT2D eigenvalue weighted by atomic mass is 16.3. The van der Waals surface area contributed by atoms with Crippen LogP contribution >= 0.6 is 0 Å². The van der Waals surface area contributed by atoms with Crippen molar-refractivity contribution in [1.82, 2.24) is 20.1 Å². The quantitative estimate of drug-likeness (QED) is 0.767. The van der Waals surface area contributed by atoms with E-state index in [2.05, 4.69) is 15.4 Å². The van der Waals surface area contributed by atoms with Gasteiger partial charge in [0.25, 0.3) is 11.5 Å². The Morgan fingerprint density at radius 1 is 1.38 bits per heavy atom. The lowest BCUT2D eigenvalue weighted by atomic mass is 9.75. The van der Waals surface area contributed by atoms with E-state index in [4.69, 9.17) is 0 Å². The monoisotopic (exact) mass is 356 g/mol. The van der Waals surface area contributed by atoms with Gasteiger partial charge in [0.1, 0.15) is 5.56 Å². The summed E-state index contributed by atoms with van der Waals surface area (Å²) in [5.41, 5.74) is 2.76. The summed E-state index contributed by atoms with van der Waals surface area (Å²) >= 11 is 0. The minimum atomic E-state index is -0.366. The summed E-state index contributed by atoms with van der Waals surface area (Å²) in [5.74, 6) is -0.218. The number of hydrogen-bond acceptors (Lipinski definition) is 4. The molecule has 26 heavy (non-hydrogen) atoms. The molecule has 2 aliphatic rings. The van der Waals surface area contributed by atoms with Gasteiger partial charge in [-0.15, -0.1) is 0 Å². The van der Waals surface area contributed by atoms with Crippen molar-refractivity contribution in [3.63, 3.8) is 0 Å². The summed E-state index contributed by atoms with van der Waals surface area (Å²) in [6.07, 6.45) is 8.47. The molecule has 0 unspecified atom stereocenters. The van der Waals surface area contributed by atoms with E-state index in [-0.39, 0.29) is 35.1 Å². The molecule has 4 rings (SSSR count). The Balaban J connectivity index is 1.59. The molecule has 0 aromatic carbocycles. The summed E-state index contributed by atoms with van der Waals surface area (Å²) in [6, 6.07) is 1.49. The highest BCUT2D eigenvalue weighted by Gasteiger charge is 2.36. The molecule has 1 atom stereocenters. The number of pyridine rings is 1. The fourth-order valence-electron chi connectivity index (χ4n) is 4.04. The molecule has 2 aromatic rings. The smallest absolute Gasteiger partial charge is 0.261 e. The van der Waals surface area contributed by atoms with Gasteiger partial charge in [0.15, 0.2) is 0 Å². The number of rotatable bonds is 4. The van der Waals surface area contributed by atoms with E-state index < -0.39 is 0 Å². The summed E-state index contributed by atoms with van der Waals surface area (Å²) in [7, 11) is 1.83. The molecule has 0 bridgehead atoms. The predicted octanol–water partition coefficient (Wildman–Crippen LogP) is 1.23. The Labute approximate surface area is 151 Å². The van der Waals surface area contributed by atoms with Gasteiger partial charge in [-0.3, -0.25) is 14.3 Å². The molecule has 1 fully saturated rings. The predicted molar refractivity (Wildman–Crippen MR) is 95.9 cm³/mol. The van der Waals surface area contributed by atoms with Gasteiger partial charge in [0, 0.05) is 24.5 Å². The van der Waals surface area contributed by atoms with E-state index in [1.165, 1.54) is 0 Å². The van der Waals surface area contributed by atoms with E-state index in [1.54, 1.807) is 16.9 Å². The lowest BCUT2D eigenvalue weighted by molar-refractivity contribution is 0.0235. The van der Waals surface area contributed by atoms with E-state index in [0.29, 0.717) is 12.8 Å². The first-order valence-corrected chi connectivity index (χ1v) is 9.24. The van der Waals surface area contributed by atoms with Gasteiger partial charge in [-0.1, -0.05) is 0 Å². The van der Waals surface area contributed by atoms with Crippen molar-refractivity contribution < 1.29 is 9.90 Å². The van der Waals surface area contributed by atoms with Gasteiger partial charge in [-0.2, -0.15) is 5.10 Å². The Morgan fingerprint density at radius 2 is 2.15 bits per heavy atom. The Bertz CT molecular complexity index is 879. The van der Waals surface area contributed by atoms with Crippen LogP contribution in [-0.4, -0.2) is 31.9 Å². The summed E-state index contributed by atoms with van der Waals surface area (Å²) in [5, 5.41) is 16.9. The lowest BCUT2D eigenvalue weighted by Gasteiger charge is -2.37. The molecule has 1 saturated carbocycles. The van der Waals surface area contributed by atoms with Crippen LogP contribution in [-0.2, 0) is 19.9 Å². The number of aromatic amines is 1. The number of H-pyrrole nitrogens is 1. The number of aliphatic hydroxyl groups excluding tert-OH is 1. The molecule has 0 aliphatic heterocycles. The van der Waals surface area contributed by atoms with Gasteiger partial charge in [-0.25, -0.2) is 0 Å². The second-order valence-electron chi connectivity index (χ2n) is 7.51. The van der Waals surface area contributed by atoms with Gasteiger partial charge in [0.2, 0.25) is 0 Å². The van der Waals surface area contributed by atoms with E-state index in [1.807, 2.05) is 13.2 Å². The van der Waals surface area contributed by atoms with Crippen LogP contribution in [0.5, 0.6) is 0 Å². The molecule has 138 valence electrons. The fourth-order valence-corrected chi connectivity index (χ4v) is 4.04. The van der Waals surface area contributed by atoms with Crippen LogP contribution in [0, 0.1) is 5.92 Å². The summed E-state index contributed by atoms with van der Waals surface area (Å²) < 4.78 is 1.69. The average Bonchev–Trinajstić information content (AvgIpc) is 3.02. The molecule has 1 amide bonds. The molecule has 0 saturated heterocycles. The zero-order chi connectivity index (χ0) is 18.3. The van der Waals surface area contributed by atoms with E-state index in [0.717, 1.165) is 42.5 Å². The van der Waals surface area contributed by atoms with Crippen molar-refractivity contribution in [3.8, 4) is 0 Å². The molecule has 2 heterocycles. The van der Waals surface area contributed by atoms with Crippen LogP contribution in [0.15, 0.2) is 23.3 Å². The molecule has 2 aliphatic carbocycles. The van der Waals surface area contributed by atoms with Crippen LogP contribution in [0.3, 0.4) is 0 Å². The van der Waals surface area contributed by atoms with Gasteiger partial charge in [-0.05, 0) is 56.1 Å². The Morgan fingerprint density at radius 3 is 2.85 bits per heavy atom. The molecule has 0 radical (unpaired) electrons. The van der Waals surface area contributed by atoms with Crippen molar-refractivity contribution in [2.75, 3.05) is 0 Å². The maximum atomic E-state index is 12.8. The number of fused-ring (bicyclic) bond motifs is 1. The molecule has 7 nitrogen and oxygen atoms in total. The van der Waals surface area contributed by atoms with Crippen molar-refractivity contribution in [2.24, 2.45) is 13.0 Å². The second-order valence-corrected chi connectivity index (χ2v) is 7.51. The summed E-state index contributed by atoms with van der Waals surface area (Å²) in [4.78, 5) is 28.1. The number of nitrogens with zero attached hydrogens (tertiary/aromatic N) is 2. The average molecular weight is 356 g/mol. The number of aliphatic hydroxyl groups is 1. The van der Waals surface area contributed by atoms with Crippen LogP contribution in [0.4, 0.5) is 0 Å². The highest BCUT2D eigenvalue weighted by molar-refractivity contribution is 5.94. The van der Waals surface area contributed by atoms with Gasteiger partial charge < -0.3 is 15.4 Å². The second kappa shape index (κ2) is 6.72. The zero-order valence-electron chi connectivity index (χ0n) is 14.9. The molecular formula is C19H24N4O3. The highest BCUT2D eigenvalue weighted by Crippen LogP contribution is 2.38. The first-order valence-electron chi connectivity index (χ1n) is 9.24. The number of carbonyl (C=O) groups is 1.